The van der Waals surface area contributed by atoms with E-state index in [9.17, 15) is 21.6 Å². The lowest BCUT2D eigenvalue weighted by molar-refractivity contribution is -0.140. The quantitative estimate of drug-likeness (QED) is 0.796. The molecule has 5 nitrogen and oxygen atoms in total. The third-order valence-corrected chi connectivity index (χ3v) is 5.08. The van der Waals surface area contributed by atoms with Crippen molar-refractivity contribution in [2.75, 3.05) is 12.8 Å². The largest absolute Gasteiger partial charge is 0.434 e. The molecule has 9 heteroatoms. The normalized spacial score (nSPS) is 15.3. The van der Waals surface area contributed by atoms with Gasteiger partial charge in [-0.1, -0.05) is 6.08 Å². The Morgan fingerprint density at radius 3 is 2.37 bits per heavy atom. The van der Waals surface area contributed by atoms with Gasteiger partial charge in [-0.05, 0) is 43.3 Å². The average Bonchev–Trinajstić information content (AvgIpc) is 2.92. The van der Waals surface area contributed by atoms with Crippen molar-refractivity contribution < 1.29 is 21.6 Å². The highest BCUT2D eigenvalue weighted by Gasteiger charge is 2.35. The van der Waals surface area contributed by atoms with Gasteiger partial charge < -0.3 is 0 Å². The predicted molar refractivity (Wildman–Crippen MR) is 96.8 cm³/mol. The summed E-state index contributed by atoms with van der Waals surface area (Å²) < 4.78 is 64.1. The van der Waals surface area contributed by atoms with E-state index in [0.29, 0.717) is 17.8 Å². The van der Waals surface area contributed by atoms with Crippen LogP contribution < -0.4 is 0 Å². The number of hydrogen-bond acceptors (Lipinski definition) is 4. The molecule has 0 amide bonds. The van der Waals surface area contributed by atoms with Crippen LogP contribution >= 0.6 is 0 Å². The third kappa shape index (κ3) is 4.19. The SMILES string of the molecule is CC1=NCC=C(c2nc(C(F)(F)F)cn2-c2ccc(S(C)(=O)=O)cc2)C=C1. The van der Waals surface area contributed by atoms with E-state index in [2.05, 4.69) is 9.98 Å². The lowest BCUT2D eigenvalue weighted by Gasteiger charge is -2.09. The van der Waals surface area contributed by atoms with Crippen LogP contribution in [-0.4, -0.2) is 36.5 Å². The van der Waals surface area contributed by atoms with Gasteiger partial charge in [0.2, 0.25) is 0 Å². The molecule has 0 fully saturated rings. The molecule has 2 heterocycles. The summed E-state index contributed by atoms with van der Waals surface area (Å²) in [7, 11) is -3.40. The number of halogens is 3. The van der Waals surface area contributed by atoms with E-state index in [1.807, 2.05) is 0 Å². The van der Waals surface area contributed by atoms with Gasteiger partial charge in [0.05, 0.1) is 11.4 Å². The fourth-order valence-electron chi connectivity index (χ4n) is 2.56. The van der Waals surface area contributed by atoms with Crippen LogP contribution in [0.4, 0.5) is 13.2 Å². The Kier molecular flexibility index (Phi) is 4.81. The molecule has 0 aliphatic carbocycles. The minimum Gasteiger partial charge on any atom is -0.299 e. The molecule has 0 saturated heterocycles. The summed E-state index contributed by atoms with van der Waals surface area (Å²) in [6.07, 6.45) is 2.42. The number of benzene rings is 1. The molecule has 1 aromatic carbocycles. The Morgan fingerprint density at radius 1 is 1.11 bits per heavy atom. The first-order valence-electron chi connectivity index (χ1n) is 7.92. The number of hydrogen-bond donors (Lipinski definition) is 0. The van der Waals surface area contributed by atoms with Crippen LogP contribution in [0.2, 0.25) is 0 Å². The van der Waals surface area contributed by atoms with Crippen molar-refractivity contribution >= 4 is 21.1 Å². The fraction of sp³-hybridized carbons (Fsp3) is 0.222. The van der Waals surface area contributed by atoms with Crippen molar-refractivity contribution in [1.29, 1.82) is 0 Å². The summed E-state index contributed by atoms with van der Waals surface area (Å²) in [4.78, 5) is 8.08. The van der Waals surface area contributed by atoms with Crippen molar-refractivity contribution in [2.45, 2.75) is 18.0 Å². The molecule has 1 aromatic heterocycles. The zero-order chi connectivity index (χ0) is 19.8. The molecular weight excluding hydrogens is 379 g/mol. The summed E-state index contributed by atoms with van der Waals surface area (Å²) in [5.74, 6) is 0.107. The molecule has 1 aliphatic heterocycles. The number of alkyl halides is 3. The Labute approximate surface area is 154 Å². The number of aliphatic imine (C=N–C) groups is 1. The third-order valence-electron chi connectivity index (χ3n) is 3.95. The minimum absolute atomic E-state index is 0.0848. The van der Waals surface area contributed by atoms with Crippen LogP contribution in [0.1, 0.15) is 18.4 Å². The van der Waals surface area contributed by atoms with Gasteiger partial charge in [0, 0.05) is 29.4 Å². The van der Waals surface area contributed by atoms with Crippen molar-refractivity contribution in [3.63, 3.8) is 0 Å². The first-order valence-corrected chi connectivity index (χ1v) is 9.81. The Balaban J connectivity index is 2.13. The van der Waals surface area contributed by atoms with Crippen LogP contribution in [0.25, 0.3) is 11.3 Å². The maximum Gasteiger partial charge on any atom is 0.434 e. The Morgan fingerprint density at radius 2 is 1.78 bits per heavy atom. The zero-order valence-electron chi connectivity index (χ0n) is 14.5. The molecule has 1 aliphatic rings. The van der Waals surface area contributed by atoms with Gasteiger partial charge in [-0.25, -0.2) is 13.4 Å². The first kappa shape index (κ1) is 19.1. The maximum atomic E-state index is 13.2. The summed E-state index contributed by atoms with van der Waals surface area (Å²) >= 11 is 0. The van der Waals surface area contributed by atoms with Crippen molar-refractivity contribution in [2.24, 2.45) is 4.99 Å². The smallest absolute Gasteiger partial charge is 0.299 e. The summed E-state index contributed by atoms with van der Waals surface area (Å²) in [5, 5.41) is 0. The molecule has 0 unspecified atom stereocenters. The van der Waals surface area contributed by atoms with Gasteiger partial charge in [0.15, 0.2) is 15.5 Å². The molecule has 0 N–H and O–H groups in total. The van der Waals surface area contributed by atoms with Gasteiger partial charge >= 0.3 is 6.18 Å². The fourth-order valence-corrected chi connectivity index (χ4v) is 3.19. The van der Waals surface area contributed by atoms with E-state index in [0.717, 1.165) is 18.2 Å². The minimum atomic E-state index is -4.60. The standard InChI is InChI=1S/C18H16F3N3O2S/c1-12-3-4-13(9-10-22-12)17-23-16(18(19,20)21)11-24(17)14-5-7-15(8-6-14)27(2,25)26/h3-9,11H,10H2,1-2H3. The highest BCUT2D eigenvalue weighted by atomic mass is 32.2. The van der Waals surface area contributed by atoms with Gasteiger partial charge in [-0.15, -0.1) is 0 Å². The molecule has 0 radical (unpaired) electrons. The Bertz CT molecular complexity index is 1060. The van der Waals surface area contributed by atoms with Gasteiger partial charge in [-0.2, -0.15) is 13.2 Å². The van der Waals surface area contributed by atoms with E-state index < -0.39 is 21.7 Å². The topological polar surface area (TPSA) is 64.3 Å². The van der Waals surface area contributed by atoms with Crippen LogP contribution in [0.3, 0.4) is 0 Å². The molecule has 0 saturated carbocycles. The number of nitrogens with zero attached hydrogens (tertiary/aromatic N) is 3. The van der Waals surface area contributed by atoms with E-state index in [4.69, 9.17) is 0 Å². The predicted octanol–water partition coefficient (Wildman–Crippen LogP) is 3.71. The van der Waals surface area contributed by atoms with Crippen molar-refractivity contribution in [1.82, 2.24) is 9.55 Å². The van der Waals surface area contributed by atoms with E-state index in [-0.39, 0.29) is 10.7 Å². The van der Waals surface area contributed by atoms with E-state index in [1.54, 1.807) is 25.2 Å². The van der Waals surface area contributed by atoms with Crippen LogP contribution in [0, 0.1) is 0 Å². The highest BCUT2D eigenvalue weighted by Crippen LogP contribution is 2.32. The van der Waals surface area contributed by atoms with Crippen LogP contribution in [-0.2, 0) is 16.0 Å². The van der Waals surface area contributed by atoms with Crippen LogP contribution in [0.5, 0.6) is 0 Å². The molecule has 142 valence electrons. The second-order valence-electron chi connectivity index (χ2n) is 6.06. The molecule has 3 rings (SSSR count). The highest BCUT2D eigenvalue weighted by molar-refractivity contribution is 7.90. The molecule has 0 spiro atoms. The number of aromatic nitrogens is 2. The second-order valence-corrected chi connectivity index (χ2v) is 8.07. The molecule has 0 bridgehead atoms. The molecule has 27 heavy (non-hydrogen) atoms. The second kappa shape index (κ2) is 6.80. The zero-order valence-corrected chi connectivity index (χ0v) is 15.3. The van der Waals surface area contributed by atoms with Gasteiger partial charge in [0.25, 0.3) is 0 Å². The maximum absolute atomic E-state index is 13.2. The molecule has 2 aromatic rings. The summed E-state index contributed by atoms with van der Waals surface area (Å²) in [6, 6.07) is 5.60. The Hall–Kier alpha value is -2.68. The average molecular weight is 395 g/mol. The lowest BCUT2D eigenvalue weighted by atomic mass is 10.2. The lowest BCUT2D eigenvalue weighted by Crippen LogP contribution is -2.05. The monoisotopic (exact) mass is 395 g/mol. The molecule has 0 atom stereocenters. The number of allylic oxidation sites excluding steroid dienone is 3. The van der Waals surface area contributed by atoms with E-state index in [1.165, 1.54) is 28.8 Å². The van der Waals surface area contributed by atoms with Crippen molar-refractivity contribution in [3.05, 3.63) is 60.2 Å². The first-order chi connectivity index (χ1) is 12.6. The van der Waals surface area contributed by atoms with Crippen LogP contribution in [0.15, 0.2) is 58.6 Å². The number of sulfone groups is 1. The summed E-state index contributed by atoms with van der Waals surface area (Å²) in [5.41, 5.74) is 0.601. The molecular formula is C18H16F3N3O2S. The van der Waals surface area contributed by atoms with E-state index >= 15 is 0 Å². The number of imidazole rings is 1. The van der Waals surface area contributed by atoms with Gasteiger partial charge in [-0.3, -0.25) is 9.56 Å². The van der Waals surface area contributed by atoms with Gasteiger partial charge in [0.1, 0.15) is 5.82 Å². The summed E-state index contributed by atoms with van der Waals surface area (Å²) in [6.45, 7) is 2.13. The number of rotatable bonds is 3. The van der Waals surface area contributed by atoms with Crippen molar-refractivity contribution in [3.8, 4) is 5.69 Å².